The molecule has 0 bridgehead atoms. The molecular formula is C31H58BNO2. The first kappa shape index (κ1) is 29.1. The van der Waals surface area contributed by atoms with Crippen LogP contribution in [0, 0.1) is 5.92 Å². The van der Waals surface area contributed by atoms with Crippen LogP contribution in [-0.2, 0) is 9.53 Å². The molecule has 3 aliphatic carbocycles. The summed E-state index contributed by atoms with van der Waals surface area (Å²) in [5.41, 5.74) is -0.134. The van der Waals surface area contributed by atoms with E-state index in [1.807, 2.05) is 0 Å². The van der Waals surface area contributed by atoms with Crippen molar-refractivity contribution >= 4 is 13.2 Å². The van der Waals surface area contributed by atoms with Crippen LogP contribution in [0.3, 0.4) is 0 Å². The second-order valence-corrected chi connectivity index (χ2v) is 13.3. The number of amides is 1. The molecule has 3 rings (SSSR count). The number of nitrogens with one attached hydrogen (secondary N) is 1. The van der Waals surface area contributed by atoms with Gasteiger partial charge in [-0.25, -0.2) is 0 Å². The van der Waals surface area contributed by atoms with E-state index in [4.69, 9.17) is 4.74 Å². The number of ether oxygens (including phenoxy) is 1. The molecule has 3 saturated carbocycles. The predicted molar refractivity (Wildman–Crippen MR) is 152 cm³/mol. The molecule has 4 heteroatoms. The standard InChI is InChI=1S/C31H58BNO2/c1-31(2,33-30(34)25-35-29-21-11-7-4-8-12-22-29)24-23-26-15-13-19-28(20-14-16-26)32-27-17-9-5-3-6-10-18-27/h26-29,32H,3-25H2,1-2H3,(H,33,34). The minimum Gasteiger partial charge on any atom is -0.368 e. The topological polar surface area (TPSA) is 38.3 Å². The Labute approximate surface area is 218 Å². The third kappa shape index (κ3) is 12.5. The third-order valence-corrected chi connectivity index (χ3v) is 9.50. The molecule has 202 valence electrons. The summed E-state index contributed by atoms with van der Waals surface area (Å²) in [4.78, 5) is 12.6. The molecule has 0 aliphatic heterocycles. The van der Waals surface area contributed by atoms with Gasteiger partial charge in [-0.05, 0) is 45.4 Å². The minimum absolute atomic E-state index is 0.0757. The summed E-state index contributed by atoms with van der Waals surface area (Å²) < 4.78 is 6.02. The van der Waals surface area contributed by atoms with Gasteiger partial charge >= 0.3 is 0 Å². The van der Waals surface area contributed by atoms with Crippen LogP contribution in [0.15, 0.2) is 0 Å². The SMILES string of the molecule is CC(C)(CCC1CCCC(BC2CCCCCCC2)CCC1)NC(=O)COC1CCCCCCC1. The highest BCUT2D eigenvalue weighted by molar-refractivity contribution is 6.39. The van der Waals surface area contributed by atoms with E-state index < -0.39 is 0 Å². The molecule has 0 heterocycles. The molecule has 0 unspecified atom stereocenters. The average molecular weight is 488 g/mol. The molecule has 3 nitrogen and oxygen atoms in total. The number of carbonyl (C=O) groups excluding carboxylic acids is 1. The molecule has 1 N–H and O–H groups in total. The fourth-order valence-corrected chi connectivity index (χ4v) is 7.27. The molecule has 0 radical (unpaired) electrons. The Morgan fingerprint density at radius 3 is 1.77 bits per heavy atom. The van der Waals surface area contributed by atoms with E-state index >= 15 is 0 Å². The Hall–Kier alpha value is -0.505. The van der Waals surface area contributed by atoms with Gasteiger partial charge in [-0.15, -0.1) is 0 Å². The summed E-state index contributed by atoms with van der Waals surface area (Å²) in [5.74, 6) is 2.94. The second-order valence-electron chi connectivity index (χ2n) is 13.3. The van der Waals surface area contributed by atoms with Crippen molar-refractivity contribution < 1.29 is 9.53 Å². The van der Waals surface area contributed by atoms with E-state index in [-0.39, 0.29) is 24.2 Å². The zero-order valence-electron chi connectivity index (χ0n) is 23.6. The van der Waals surface area contributed by atoms with E-state index in [1.54, 1.807) is 0 Å². The van der Waals surface area contributed by atoms with Gasteiger partial charge in [-0.2, -0.15) is 0 Å². The van der Waals surface area contributed by atoms with Crippen LogP contribution in [0.2, 0.25) is 11.6 Å². The highest BCUT2D eigenvalue weighted by Gasteiger charge is 2.25. The van der Waals surface area contributed by atoms with Crippen molar-refractivity contribution in [3.05, 3.63) is 0 Å². The maximum atomic E-state index is 12.6. The van der Waals surface area contributed by atoms with Crippen molar-refractivity contribution in [1.82, 2.24) is 5.32 Å². The lowest BCUT2D eigenvalue weighted by Crippen LogP contribution is -2.45. The van der Waals surface area contributed by atoms with Crippen molar-refractivity contribution in [3.8, 4) is 0 Å². The molecule has 0 aromatic rings. The lowest BCUT2D eigenvalue weighted by molar-refractivity contribution is -0.129. The van der Waals surface area contributed by atoms with Gasteiger partial charge in [0.05, 0.1) is 6.10 Å². The molecule has 0 aromatic heterocycles. The van der Waals surface area contributed by atoms with Gasteiger partial charge in [0.2, 0.25) is 5.91 Å². The van der Waals surface area contributed by atoms with Crippen molar-refractivity contribution in [2.75, 3.05) is 6.61 Å². The zero-order valence-corrected chi connectivity index (χ0v) is 23.6. The number of carbonyl (C=O) groups is 1. The predicted octanol–water partition coefficient (Wildman–Crippen LogP) is 8.52. The van der Waals surface area contributed by atoms with Gasteiger partial charge < -0.3 is 10.1 Å². The summed E-state index contributed by atoms with van der Waals surface area (Å²) in [5, 5.41) is 3.29. The first-order valence-corrected chi connectivity index (χ1v) is 15.9. The zero-order chi connectivity index (χ0) is 24.8. The molecular weight excluding hydrogens is 429 g/mol. The van der Waals surface area contributed by atoms with Gasteiger partial charge in [0.1, 0.15) is 13.9 Å². The molecule has 0 aromatic carbocycles. The fraction of sp³-hybridized carbons (Fsp3) is 0.968. The largest absolute Gasteiger partial charge is 0.368 e. The van der Waals surface area contributed by atoms with Crippen LogP contribution in [0.25, 0.3) is 0 Å². The quantitative estimate of drug-likeness (QED) is 0.331. The van der Waals surface area contributed by atoms with E-state index in [0.29, 0.717) is 0 Å². The van der Waals surface area contributed by atoms with E-state index in [1.165, 1.54) is 129 Å². The lowest BCUT2D eigenvalue weighted by atomic mass is 9.49. The normalized spacial score (nSPS) is 26.9. The third-order valence-electron chi connectivity index (χ3n) is 9.50. The molecule has 0 spiro atoms. The van der Waals surface area contributed by atoms with Gasteiger partial charge in [-0.3, -0.25) is 4.79 Å². The van der Waals surface area contributed by atoms with Crippen LogP contribution in [0.4, 0.5) is 0 Å². The highest BCUT2D eigenvalue weighted by Crippen LogP contribution is 2.36. The smallest absolute Gasteiger partial charge is 0.246 e. The Kier molecular flexibility index (Phi) is 13.6. The lowest BCUT2D eigenvalue weighted by Gasteiger charge is -2.31. The number of hydrogen-bond acceptors (Lipinski definition) is 2. The Balaban J connectivity index is 1.30. The second kappa shape index (κ2) is 16.4. The monoisotopic (exact) mass is 487 g/mol. The average Bonchev–Trinajstić information content (AvgIpc) is 2.75. The van der Waals surface area contributed by atoms with Crippen molar-refractivity contribution in [1.29, 1.82) is 0 Å². The molecule has 35 heavy (non-hydrogen) atoms. The van der Waals surface area contributed by atoms with Gasteiger partial charge in [0.15, 0.2) is 0 Å². The molecule has 0 atom stereocenters. The van der Waals surface area contributed by atoms with Crippen molar-refractivity contribution in [2.24, 2.45) is 5.92 Å². The highest BCUT2D eigenvalue weighted by atomic mass is 16.5. The molecule has 3 aliphatic rings. The summed E-state index contributed by atoms with van der Waals surface area (Å²) in [6, 6.07) is 0. The minimum atomic E-state index is -0.134. The van der Waals surface area contributed by atoms with Crippen molar-refractivity contribution in [2.45, 2.75) is 178 Å². The van der Waals surface area contributed by atoms with E-state index in [0.717, 1.165) is 36.8 Å². The molecule has 1 amide bonds. The van der Waals surface area contributed by atoms with Crippen LogP contribution < -0.4 is 5.32 Å². The molecule has 3 fully saturated rings. The Morgan fingerprint density at radius 2 is 1.20 bits per heavy atom. The van der Waals surface area contributed by atoms with Crippen LogP contribution >= 0.6 is 0 Å². The van der Waals surface area contributed by atoms with E-state index in [9.17, 15) is 4.79 Å². The van der Waals surface area contributed by atoms with E-state index in [2.05, 4.69) is 19.2 Å². The number of hydrogen-bond donors (Lipinski definition) is 1. The maximum absolute atomic E-state index is 12.6. The molecule has 0 saturated heterocycles. The number of rotatable bonds is 9. The Morgan fingerprint density at radius 1 is 0.714 bits per heavy atom. The Bertz CT molecular complexity index is 554. The first-order valence-electron chi connectivity index (χ1n) is 15.9. The maximum Gasteiger partial charge on any atom is 0.246 e. The summed E-state index contributed by atoms with van der Waals surface area (Å²) in [6.45, 7) is 4.64. The summed E-state index contributed by atoms with van der Waals surface area (Å²) in [7, 11) is 1.52. The van der Waals surface area contributed by atoms with Crippen LogP contribution in [0.1, 0.15) is 155 Å². The van der Waals surface area contributed by atoms with Crippen LogP contribution in [0.5, 0.6) is 0 Å². The summed E-state index contributed by atoms with van der Waals surface area (Å²) >= 11 is 0. The van der Waals surface area contributed by atoms with Crippen LogP contribution in [-0.4, -0.2) is 31.4 Å². The first-order chi connectivity index (χ1) is 17.0. The summed E-state index contributed by atoms with van der Waals surface area (Å²) in [6.07, 6.45) is 30.4. The fourth-order valence-electron chi connectivity index (χ4n) is 7.27. The van der Waals surface area contributed by atoms with Gasteiger partial charge in [0, 0.05) is 5.54 Å². The van der Waals surface area contributed by atoms with Crippen molar-refractivity contribution in [3.63, 3.8) is 0 Å². The van der Waals surface area contributed by atoms with Gasteiger partial charge in [-0.1, -0.05) is 127 Å². The van der Waals surface area contributed by atoms with Gasteiger partial charge in [0.25, 0.3) is 0 Å².